The van der Waals surface area contributed by atoms with Crippen molar-refractivity contribution in [3.63, 3.8) is 0 Å². The maximum atomic E-state index is 10.8. The molecule has 0 aliphatic carbocycles. The van der Waals surface area contributed by atoms with E-state index in [4.69, 9.17) is 17.0 Å². The van der Waals surface area contributed by atoms with Gasteiger partial charge in [0.1, 0.15) is 5.75 Å². The van der Waals surface area contributed by atoms with E-state index >= 15 is 0 Å². The van der Waals surface area contributed by atoms with Crippen molar-refractivity contribution in [3.8, 4) is 5.75 Å². The van der Waals surface area contributed by atoms with Gasteiger partial charge in [0.15, 0.2) is 5.11 Å². The molecular formula is C17H19N3O3S. The highest BCUT2D eigenvalue weighted by molar-refractivity contribution is 7.80. The van der Waals surface area contributed by atoms with Crippen LogP contribution in [0.2, 0.25) is 0 Å². The van der Waals surface area contributed by atoms with Gasteiger partial charge >= 0.3 is 0 Å². The molecule has 0 bridgehead atoms. The van der Waals surface area contributed by atoms with Crippen LogP contribution in [0, 0.1) is 10.1 Å². The summed E-state index contributed by atoms with van der Waals surface area (Å²) in [6.45, 7) is 4.27. The molecule has 0 aliphatic rings. The number of nitrogens with zero attached hydrogens (tertiary/aromatic N) is 1. The molecule has 2 N–H and O–H groups in total. The Morgan fingerprint density at radius 2 is 1.83 bits per heavy atom. The van der Waals surface area contributed by atoms with Crippen LogP contribution in [0.5, 0.6) is 5.75 Å². The molecular weight excluding hydrogens is 326 g/mol. The number of hydrogen-bond acceptors (Lipinski definition) is 4. The Morgan fingerprint density at radius 3 is 2.38 bits per heavy atom. The molecule has 0 radical (unpaired) electrons. The van der Waals surface area contributed by atoms with Crippen molar-refractivity contribution in [1.29, 1.82) is 0 Å². The highest BCUT2D eigenvalue weighted by atomic mass is 32.1. The van der Waals surface area contributed by atoms with Crippen LogP contribution < -0.4 is 15.4 Å². The van der Waals surface area contributed by atoms with Crippen molar-refractivity contribution in [1.82, 2.24) is 0 Å². The van der Waals surface area contributed by atoms with Gasteiger partial charge in [-0.3, -0.25) is 10.1 Å². The molecule has 0 atom stereocenters. The van der Waals surface area contributed by atoms with Gasteiger partial charge in [-0.25, -0.2) is 0 Å². The van der Waals surface area contributed by atoms with E-state index in [2.05, 4.69) is 24.5 Å². The highest BCUT2D eigenvalue weighted by Gasteiger charge is 2.12. The first kappa shape index (κ1) is 17.7. The van der Waals surface area contributed by atoms with Crippen molar-refractivity contribution in [2.24, 2.45) is 0 Å². The molecule has 0 heterocycles. The third kappa shape index (κ3) is 4.42. The summed E-state index contributed by atoms with van der Waals surface area (Å²) >= 11 is 5.28. The Bertz CT molecular complexity index is 745. The normalized spacial score (nSPS) is 10.3. The zero-order chi connectivity index (χ0) is 17.7. The lowest BCUT2D eigenvalue weighted by Gasteiger charge is -2.14. The third-order valence-electron chi connectivity index (χ3n) is 3.48. The van der Waals surface area contributed by atoms with E-state index in [0.717, 1.165) is 5.69 Å². The fourth-order valence-electron chi connectivity index (χ4n) is 2.13. The van der Waals surface area contributed by atoms with Crippen molar-refractivity contribution < 1.29 is 9.66 Å². The predicted molar refractivity (Wildman–Crippen MR) is 100 cm³/mol. The van der Waals surface area contributed by atoms with Crippen LogP contribution in [-0.2, 0) is 0 Å². The molecule has 0 spiro atoms. The minimum atomic E-state index is -0.473. The number of anilines is 2. The smallest absolute Gasteiger partial charge is 0.273 e. The number of methoxy groups -OCH3 is 1. The van der Waals surface area contributed by atoms with Crippen LogP contribution in [0.1, 0.15) is 25.3 Å². The van der Waals surface area contributed by atoms with Crippen LogP contribution in [-0.4, -0.2) is 17.1 Å². The van der Waals surface area contributed by atoms with E-state index in [-0.39, 0.29) is 5.69 Å². The number of non-ortho nitro benzene ring substituents is 1. The first-order valence-electron chi connectivity index (χ1n) is 7.41. The van der Waals surface area contributed by atoms with Gasteiger partial charge in [-0.2, -0.15) is 0 Å². The van der Waals surface area contributed by atoms with Gasteiger partial charge < -0.3 is 15.4 Å². The largest absolute Gasteiger partial charge is 0.494 e. The van der Waals surface area contributed by atoms with Crippen LogP contribution in [0.25, 0.3) is 0 Å². The van der Waals surface area contributed by atoms with E-state index in [9.17, 15) is 10.1 Å². The topological polar surface area (TPSA) is 76.4 Å². The molecule has 2 rings (SSSR count). The Kier molecular flexibility index (Phi) is 5.70. The van der Waals surface area contributed by atoms with Gasteiger partial charge in [-0.15, -0.1) is 0 Å². The maximum absolute atomic E-state index is 10.8. The Labute approximate surface area is 146 Å². The second-order valence-electron chi connectivity index (χ2n) is 5.50. The number of hydrogen-bond donors (Lipinski definition) is 2. The lowest BCUT2D eigenvalue weighted by molar-refractivity contribution is -0.384. The molecule has 0 aromatic heterocycles. The molecule has 2 aromatic carbocycles. The zero-order valence-corrected chi connectivity index (χ0v) is 14.5. The molecule has 7 heteroatoms. The summed E-state index contributed by atoms with van der Waals surface area (Å²) in [5.41, 5.74) is 2.62. The molecule has 6 nitrogen and oxygen atoms in total. The van der Waals surface area contributed by atoms with E-state index in [1.165, 1.54) is 24.8 Å². The van der Waals surface area contributed by atoms with Gasteiger partial charge in [0, 0.05) is 11.8 Å². The monoisotopic (exact) mass is 345 g/mol. The maximum Gasteiger partial charge on any atom is 0.273 e. The molecule has 0 aliphatic heterocycles. The van der Waals surface area contributed by atoms with Gasteiger partial charge in [-0.05, 0) is 41.9 Å². The Morgan fingerprint density at radius 1 is 1.17 bits per heavy atom. The average molecular weight is 345 g/mol. The highest BCUT2D eigenvalue weighted by Crippen LogP contribution is 2.29. The fraction of sp³-hybridized carbons (Fsp3) is 0.235. The fourth-order valence-corrected chi connectivity index (χ4v) is 2.36. The van der Waals surface area contributed by atoms with Gasteiger partial charge in [0.05, 0.1) is 23.8 Å². The summed E-state index contributed by atoms with van der Waals surface area (Å²) in [5.74, 6) is 0.817. The summed E-state index contributed by atoms with van der Waals surface area (Å²) in [6, 6.07) is 12.3. The van der Waals surface area contributed by atoms with Crippen LogP contribution in [0.4, 0.5) is 17.1 Å². The molecule has 0 saturated heterocycles. The molecule has 0 fully saturated rings. The SMILES string of the molecule is COc1cc([N+](=O)[O-])ccc1NC(=S)Nc1ccc(C(C)C)cc1. The summed E-state index contributed by atoms with van der Waals surface area (Å²) in [5, 5.41) is 17.2. The number of rotatable bonds is 5. The lowest BCUT2D eigenvalue weighted by atomic mass is 10.0. The standard InChI is InChI=1S/C17H19N3O3S/c1-11(2)12-4-6-13(7-5-12)18-17(24)19-15-9-8-14(20(21)22)10-16(15)23-3/h4-11H,1-3H3,(H2,18,19,24). The number of thiocarbonyl (C=S) groups is 1. The van der Waals surface area contributed by atoms with Crippen molar-refractivity contribution in [3.05, 3.63) is 58.1 Å². The van der Waals surface area contributed by atoms with Crippen molar-refractivity contribution in [2.75, 3.05) is 17.7 Å². The Hall–Kier alpha value is -2.67. The van der Waals surface area contributed by atoms with Crippen molar-refractivity contribution >= 4 is 34.4 Å². The van der Waals surface area contributed by atoms with Crippen molar-refractivity contribution in [2.45, 2.75) is 19.8 Å². The summed E-state index contributed by atoms with van der Waals surface area (Å²) < 4.78 is 5.17. The number of nitro benzene ring substituents is 1. The molecule has 0 amide bonds. The van der Waals surface area contributed by atoms with E-state index < -0.39 is 4.92 Å². The average Bonchev–Trinajstić information content (AvgIpc) is 2.55. The molecule has 24 heavy (non-hydrogen) atoms. The van der Waals surface area contributed by atoms with E-state index in [0.29, 0.717) is 22.5 Å². The molecule has 0 saturated carbocycles. The minimum Gasteiger partial charge on any atom is -0.494 e. The van der Waals surface area contributed by atoms with E-state index in [1.807, 2.05) is 24.3 Å². The van der Waals surface area contributed by atoms with Gasteiger partial charge in [0.25, 0.3) is 5.69 Å². The molecule has 2 aromatic rings. The van der Waals surface area contributed by atoms with Crippen LogP contribution in [0.15, 0.2) is 42.5 Å². The molecule has 0 unspecified atom stereocenters. The van der Waals surface area contributed by atoms with Crippen LogP contribution in [0.3, 0.4) is 0 Å². The molecule has 126 valence electrons. The zero-order valence-electron chi connectivity index (χ0n) is 13.7. The minimum absolute atomic E-state index is 0.0412. The second-order valence-corrected chi connectivity index (χ2v) is 5.91. The lowest BCUT2D eigenvalue weighted by Crippen LogP contribution is -2.19. The van der Waals surface area contributed by atoms with Gasteiger partial charge in [0.2, 0.25) is 0 Å². The number of nitrogens with one attached hydrogen (secondary N) is 2. The van der Waals surface area contributed by atoms with Crippen LogP contribution >= 0.6 is 12.2 Å². The number of nitro groups is 1. The first-order chi connectivity index (χ1) is 11.4. The quantitative estimate of drug-likeness (QED) is 0.471. The van der Waals surface area contributed by atoms with Gasteiger partial charge in [-0.1, -0.05) is 26.0 Å². The summed E-state index contributed by atoms with van der Waals surface area (Å²) in [7, 11) is 1.45. The predicted octanol–water partition coefficient (Wildman–Crippen LogP) is 4.54. The number of benzene rings is 2. The Balaban J connectivity index is 2.08. The van der Waals surface area contributed by atoms with E-state index in [1.54, 1.807) is 6.07 Å². The number of ether oxygens (including phenoxy) is 1. The summed E-state index contributed by atoms with van der Waals surface area (Å²) in [4.78, 5) is 10.3. The third-order valence-corrected chi connectivity index (χ3v) is 3.68. The summed E-state index contributed by atoms with van der Waals surface area (Å²) in [6.07, 6.45) is 0. The second kappa shape index (κ2) is 7.74. The first-order valence-corrected chi connectivity index (χ1v) is 7.82.